The van der Waals surface area contributed by atoms with Gasteiger partial charge in [-0.2, -0.15) is 8.42 Å². The zero-order chi connectivity index (χ0) is 67.5. The summed E-state index contributed by atoms with van der Waals surface area (Å²) in [4.78, 5) is 63.0. The van der Waals surface area contributed by atoms with Crippen LogP contribution in [-0.4, -0.2) is 257 Å². The predicted molar refractivity (Wildman–Crippen MR) is 305 cm³/mol. The summed E-state index contributed by atoms with van der Waals surface area (Å²) in [5.41, 5.74) is 0. The van der Waals surface area contributed by atoms with Gasteiger partial charge in [0.2, 0.25) is 6.54 Å². The van der Waals surface area contributed by atoms with Crippen LogP contribution in [-0.2, 0) is 105 Å². The molecule has 0 aromatic heterocycles. The van der Waals surface area contributed by atoms with Crippen molar-refractivity contribution in [2.24, 2.45) is 29.6 Å². The number of ether oxygens (including phenoxy) is 16. The van der Waals surface area contributed by atoms with Crippen molar-refractivity contribution in [3.63, 3.8) is 0 Å². The van der Waals surface area contributed by atoms with Crippen LogP contribution in [0.5, 0.6) is 0 Å². The summed E-state index contributed by atoms with van der Waals surface area (Å²) in [5, 5.41) is 55.0. The van der Waals surface area contributed by atoms with Crippen LogP contribution in [0, 0.1) is 49.8 Å². The monoisotopic (exact) mass is 1370 g/mol. The number of carbonyl (C=O) groups is 4. The molecule has 9 aliphatic heterocycles. The first-order valence-corrected chi connectivity index (χ1v) is 30.6. The van der Waals surface area contributed by atoms with E-state index in [1.807, 2.05) is 27.7 Å². The van der Waals surface area contributed by atoms with Crippen LogP contribution in [0.4, 0.5) is 0 Å². The minimum atomic E-state index is -4.67. The molecule has 528 valence electrons. The van der Waals surface area contributed by atoms with Gasteiger partial charge in [0.15, 0.2) is 43.8 Å². The minimum absolute atomic E-state index is 0. The van der Waals surface area contributed by atoms with Crippen LogP contribution in [0.1, 0.15) is 101 Å². The van der Waals surface area contributed by atoms with Crippen LogP contribution < -0.4 is 51.4 Å². The Kier molecular flexibility index (Phi) is 47.7. The Hall–Kier alpha value is -2.75. The number of hydrogen-bond donors (Lipinski definition) is 6. The van der Waals surface area contributed by atoms with E-state index in [9.17, 15) is 44.6 Å². The molecule has 0 aliphatic carbocycles. The number of hydrogen-bond acceptors (Lipinski definition) is 31. The maximum atomic E-state index is 11.4. The molecule has 91 heavy (non-hydrogen) atoms. The van der Waals surface area contributed by atoms with Crippen molar-refractivity contribution in [2.45, 2.75) is 175 Å². The number of aliphatic hydroxyl groups is 4. The molecule has 9 fully saturated rings. The molecule has 9 saturated heterocycles. The third kappa shape index (κ3) is 39.2. The van der Waals surface area contributed by atoms with Crippen LogP contribution in [0.25, 0.3) is 0 Å². The summed E-state index contributed by atoms with van der Waals surface area (Å²) in [6.45, 7) is 23.6. The average molecular weight is 1370 g/mol. The van der Waals surface area contributed by atoms with Crippen molar-refractivity contribution in [2.75, 3.05) is 106 Å². The molecule has 0 spiro atoms. The molecule has 9 rings (SSSR count). The Bertz CT molecular complexity index is 2160. The van der Waals surface area contributed by atoms with E-state index in [4.69, 9.17) is 109 Å². The van der Waals surface area contributed by atoms with Gasteiger partial charge >= 0.3 is 85.7 Å². The molecule has 0 amide bonds. The number of nitro groups is 2. The number of fused-ring (bicyclic) bond motifs is 3. The summed E-state index contributed by atoms with van der Waals surface area (Å²) >= 11 is 0. The fourth-order valence-corrected chi connectivity index (χ4v) is 9.27. The van der Waals surface area contributed by atoms with E-state index in [-0.39, 0.29) is 188 Å². The summed E-state index contributed by atoms with van der Waals surface area (Å²) < 4.78 is 114. The number of nitrogens with zero attached hydrogens (tertiary/aromatic N) is 2. The molecule has 0 radical (unpaired) electrons. The molecule has 35 nitrogen and oxygen atoms in total. The molecule has 9 aliphatic rings. The summed E-state index contributed by atoms with van der Waals surface area (Å²) in [5.74, 6) is -2.76. The largest absolute Gasteiger partial charge is 1.00 e. The smallest absolute Gasteiger partial charge is 0.870 e. The standard InChI is InChI=1S/C11H19NO6.C10H18O5.C10H16O4.C8H12O4.2C6H10O3.C2H6O.CH3NO2.K.H2O4S.H2O/c1-4-16-10(13)5-8(6-12(14)15)9-7-17-11(2,3)18-9;1-3-13-9(12)5-7-8(11)6-15-10(7)14-4-2;1-4-12-9(11)6-5-8-7-13-10(2,3)14-8;1-2-10-8-5-3-7(9)12-6(5)4-11-8;2*7-5-3-9-6-4(5)1-2-8-6;1-2-3;1-2(3)4;;1-5(2,3)4;/h8-9H,4-7H2,1-3H3;7-8,10-11H,3-6H2,1-2H3;5-6,8H,4,7H2,1-3H3;5-6,8H,2-4H2,1H3;2*4-7H,1-3H2;3H,2H2,1H3;1H3;;(H2,1,2,3,4);1H2/q;;;;;;;;+1;;/p-1/t8?,9-;7-,8+,10?;8-;5-,6-,8?;4-,5+,6+;4-,5-,6+;;;;;/m011010...../s1. The van der Waals surface area contributed by atoms with E-state index in [1.54, 1.807) is 47.6 Å². The van der Waals surface area contributed by atoms with Gasteiger partial charge in [-0.15, -0.1) is 0 Å². The molecular weight excluding hydrogens is 1280 g/mol. The van der Waals surface area contributed by atoms with Crippen LogP contribution >= 0.6 is 0 Å². The van der Waals surface area contributed by atoms with Crippen molar-refractivity contribution in [1.82, 2.24) is 0 Å². The predicted octanol–water partition coefficient (Wildman–Crippen LogP) is -1.59. The summed E-state index contributed by atoms with van der Waals surface area (Å²) in [6, 6.07) is 0. The molecule has 0 aromatic rings. The van der Waals surface area contributed by atoms with Gasteiger partial charge in [0.05, 0.1) is 128 Å². The third-order valence-electron chi connectivity index (χ3n) is 13.0. The van der Waals surface area contributed by atoms with Gasteiger partial charge in [0.25, 0.3) is 0 Å². The maximum Gasteiger partial charge on any atom is 1.00 e. The number of aliphatic hydroxyl groups excluding tert-OH is 4. The molecule has 7 N–H and O–H groups in total. The second-order valence-corrected chi connectivity index (χ2v) is 21.9. The zero-order valence-electron chi connectivity index (χ0n) is 54.0. The Labute approximate surface area is 572 Å². The third-order valence-corrected chi connectivity index (χ3v) is 13.0. The first-order chi connectivity index (χ1) is 41.8. The quantitative estimate of drug-likeness (QED) is 0.0193. The van der Waals surface area contributed by atoms with E-state index in [1.165, 1.54) is 6.08 Å². The van der Waals surface area contributed by atoms with Crippen LogP contribution in [0.2, 0.25) is 0 Å². The SMILES string of the molecule is CCO.CCOC(=O)C=C[C@@H]1COC(C)(C)O1.CCOC(=O)CC(C[N+](=O)[O-])[C@@H]1COC(C)(C)O1.CCOC(=O)C[C@H]1C(OCC)OC[C@@H]1O.CCOC1OC[C@@H]2OC(=O)C[C@H]12.C[N+](=O)[O-].O=S(=O)(O)O.O[C@H]1CO[C@@H]2OCC[C@@H]21.O[C@H]1CO[C@H]2OCC[C@H]21.[K+].[OH-]. The van der Waals surface area contributed by atoms with Crippen molar-refractivity contribution in [3.8, 4) is 0 Å². The van der Waals surface area contributed by atoms with Crippen LogP contribution in [0.3, 0.4) is 0 Å². The number of rotatable bonds is 16. The molecule has 0 aromatic carbocycles. The van der Waals surface area contributed by atoms with Crippen molar-refractivity contribution >= 4 is 34.3 Å². The van der Waals surface area contributed by atoms with Gasteiger partial charge in [-0.3, -0.25) is 43.7 Å². The van der Waals surface area contributed by atoms with Crippen molar-refractivity contribution in [1.29, 1.82) is 0 Å². The van der Waals surface area contributed by atoms with Gasteiger partial charge in [-0.25, -0.2) is 4.79 Å². The van der Waals surface area contributed by atoms with Crippen molar-refractivity contribution < 1.29 is 200 Å². The van der Waals surface area contributed by atoms with E-state index < -0.39 is 62.2 Å². The topological polar surface area (TPSA) is 488 Å². The Balaban J connectivity index is 0. The molecule has 0 saturated carbocycles. The van der Waals surface area contributed by atoms with E-state index in [0.717, 1.165) is 33.1 Å². The van der Waals surface area contributed by atoms with E-state index in [0.29, 0.717) is 59.3 Å². The molecular formula is C54H97KN2O33S. The normalized spacial score (nSPS) is 29.8. The molecule has 9 heterocycles. The Morgan fingerprint density at radius 2 is 1.14 bits per heavy atom. The molecule has 0 bridgehead atoms. The maximum absolute atomic E-state index is 11.4. The van der Waals surface area contributed by atoms with Gasteiger partial charge < -0.3 is 102 Å². The second-order valence-electron chi connectivity index (χ2n) is 21.0. The van der Waals surface area contributed by atoms with Gasteiger partial charge in [-0.05, 0) is 88.2 Å². The van der Waals surface area contributed by atoms with Gasteiger partial charge in [0, 0.05) is 53.5 Å². The average Bonchev–Trinajstić information content (AvgIpc) is 2.70. The Morgan fingerprint density at radius 3 is 1.58 bits per heavy atom. The fraction of sp³-hybridized carbons (Fsp3) is 0.889. The van der Waals surface area contributed by atoms with Crippen LogP contribution in [0.15, 0.2) is 12.2 Å². The van der Waals surface area contributed by atoms with Gasteiger partial charge in [-0.1, -0.05) is 0 Å². The molecule has 37 heteroatoms. The molecule has 15 atom stereocenters. The number of esters is 4. The Morgan fingerprint density at radius 1 is 0.681 bits per heavy atom. The van der Waals surface area contributed by atoms with E-state index >= 15 is 0 Å². The molecule has 3 unspecified atom stereocenters. The van der Waals surface area contributed by atoms with E-state index in [2.05, 4.69) is 0 Å². The first-order valence-electron chi connectivity index (χ1n) is 29.2. The summed E-state index contributed by atoms with van der Waals surface area (Å²) in [7, 11) is -3.78. The fourth-order valence-electron chi connectivity index (χ4n) is 9.27. The first kappa shape index (κ1) is 90.3. The van der Waals surface area contributed by atoms with Gasteiger partial charge in [0.1, 0.15) is 12.2 Å². The number of carbonyl (C=O) groups excluding carboxylic acids is 4. The second kappa shape index (κ2) is 48.0. The minimum Gasteiger partial charge on any atom is -0.870 e. The zero-order valence-corrected chi connectivity index (χ0v) is 57.9. The van der Waals surface area contributed by atoms with Crippen molar-refractivity contribution in [3.05, 3.63) is 32.4 Å². The summed E-state index contributed by atoms with van der Waals surface area (Å²) in [6.07, 6.45) is 2.69.